The molecule has 0 fully saturated rings. The van der Waals surface area contributed by atoms with Crippen LogP contribution < -0.4 is 24.8 Å². The summed E-state index contributed by atoms with van der Waals surface area (Å²) in [6.07, 6.45) is 5.18. The second-order valence-corrected chi connectivity index (χ2v) is 5.51. The lowest BCUT2D eigenvalue weighted by Gasteiger charge is -2.15. The average molecular weight is 367 g/mol. The molecular weight excluding hydrogens is 346 g/mol. The maximum Gasteiger partial charge on any atom is 0.224 e. The summed E-state index contributed by atoms with van der Waals surface area (Å²) in [5, 5.41) is 6.42. The van der Waals surface area contributed by atoms with Gasteiger partial charge in [-0.2, -0.15) is 4.98 Å². The van der Waals surface area contributed by atoms with Crippen molar-refractivity contribution in [1.82, 2.24) is 15.0 Å². The second-order valence-electron chi connectivity index (χ2n) is 5.51. The Morgan fingerprint density at radius 1 is 0.889 bits per heavy atom. The standard InChI is InChI=1S/C19H21N5O3/c1-25-15-10-14(11-16(26-2)18(15)27-3)23-17-6-9-21-19(24-17)22-12-13-4-7-20-8-5-13/h4-11H,12H2,1-3H3,(H2,21,22,23,24). The molecule has 2 aromatic heterocycles. The lowest BCUT2D eigenvalue weighted by molar-refractivity contribution is 0.324. The van der Waals surface area contributed by atoms with E-state index in [9.17, 15) is 0 Å². The summed E-state index contributed by atoms with van der Waals surface area (Å²) >= 11 is 0. The lowest BCUT2D eigenvalue weighted by atomic mass is 10.2. The number of pyridine rings is 1. The highest BCUT2D eigenvalue weighted by Gasteiger charge is 2.13. The number of hydrogen-bond donors (Lipinski definition) is 2. The van der Waals surface area contributed by atoms with Gasteiger partial charge in [0.25, 0.3) is 0 Å². The van der Waals surface area contributed by atoms with Crippen molar-refractivity contribution in [3.63, 3.8) is 0 Å². The van der Waals surface area contributed by atoms with E-state index in [4.69, 9.17) is 14.2 Å². The molecule has 0 spiro atoms. The maximum atomic E-state index is 5.37. The summed E-state index contributed by atoms with van der Waals surface area (Å²) < 4.78 is 16.1. The number of ether oxygens (including phenoxy) is 3. The minimum absolute atomic E-state index is 0.518. The van der Waals surface area contributed by atoms with E-state index in [2.05, 4.69) is 25.6 Å². The summed E-state index contributed by atoms with van der Waals surface area (Å²) in [6, 6.07) is 9.28. The summed E-state index contributed by atoms with van der Waals surface area (Å²) in [6.45, 7) is 0.607. The van der Waals surface area contributed by atoms with Gasteiger partial charge in [-0.15, -0.1) is 0 Å². The highest BCUT2D eigenvalue weighted by molar-refractivity contribution is 5.66. The van der Waals surface area contributed by atoms with Gasteiger partial charge >= 0.3 is 0 Å². The summed E-state index contributed by atoms with van der Waals surface area (Å²) in [5.74, 6) is 2.81. The molecule has 1 aromatic carbocycles. The Bertz CT molecular complexity index is 865. The fourth-order valence-corrected chi connectivity index (χ4v) is 2.50. The predicted molar refractivity (Wildman–Crippen MR) is 103 cm³/mol. The van der Waals surface area contributed by atoms with E-state index in [1.54, 1.807) is 46.0 Å². The van der Waals surface area contributed by atoms with Crippen molar-refractivity contribution in [2.24, 2.45) is 0 Å². The number of aromatic nitrogens is 3. The number of nitrogens with one attached hydrogen (secondary N) is 2. The van der Waals surface area contributed by atoms with E-state index < -0.39 is 0 Å². The molecule has 2 heterocycles. The van der Waals surface area contributed by atoms with Crippen molar-refractivity contribution in [3.05, 3.63) is 54.5 Å². The molecular formula is C19H21N5O3. The van der Waals surface area contributed by atoms with Crippen molar-refractivity contribution in [2.75, 3.05) is 32.0 Å². The van der Waals surface area contributed by atoms with Crippen LogP contribution in [0.2, 0.25) is 0 Å². The number of methoxy groups -OCH3 is 3. The van der Waals surface area contributed by atoms with Gasteiger partial charge in [0.1, 0.15) is 5.82 Å². The van der Waals surface area contributed by atoms with E-state index in [0.29, 0.717) is 35.6 Å². The van der Waals surface area contributed by atoms with E-state index in [-0.39, 0.29) is 0 Å². The van der Waals surface area contributed by atoms with Crippen LogP contribution in [0.5, 0.6) is 17.2 Å². The van der Waals surface area contributed by atoms with Gasteiger partial charge < -0.3 is 24.8 Å². The molecule has 140 valence electrons. The fourth-order valence-electron chi connectivity index (χ4n) is 2.50. The van der Waals surface area contributed by atoms with Gasteiger partial charge in [-0.05, 0) is 23.8 Å². The van der Waals surface area contributed by atoms with Crippen molar-refractivity contribution in [2.45, 2.75) is 6.54 Å². The first-order valence-corrected chi connectivity index (χ1v) is 8.26. The Kier molecular flexibility index (Phi) is 5.88. The molecule has 8 nitrogen and oxygen atoms in total. The zero-order valence-electron chi connectivity index (χ0n) is 15.4. The first-order valence-electron chi connectivity index (χ1n) is 8.26. The summed E-state index contributed by atoms with van der Waals surface area (Å²) in [7, 11) is 4.72. The Morgan fingerprint density at radius 3 is 2.22 bits per heavy atom. The summed E-state index contributed by atoms with van der Waals surface area (Å²) in [4.78, 5) is 12.7. The molecule has 27 heavy (non-hydrogen) atoms. The van der Waals surface area contributed by atoms with Crippen LogP contribution in [0.15, 0.2) is 48.9 Å². The normalized spacial score (nSPS) is 10.2. The van der Waals surface area contributed by atoms with Crippen molar-refractivity contribution in [1.29, 1.82) is 0 Å². The maximum absolute atomic E-state index is 5.37. The van der Waals surface area contributed by atoms with Crippen LogP contribution in [0.4, 0.5) is 17.5 Å². The van der Waals surface area contributed by atoms with Gasteiger partial charge in [0, 0.05) is 43.0 Å². The number of anilines is 3. The van der Waals surface area contributed by atoms with Crippen molar-refractivity contribution in [3.8, 4) is 17.2 Å². The molecule has 2 N–H and O–H groups in total. The molecule has 0 amide bonds. The zero-order valence-corrected chi connectivity index (χ0v) is 15.4. The molecule has 0 saturated carbocycles. The minimum atomic E-state index is 0.518. The first kappa shape index (κ1) is 18.2. The van der Waals surface area contributed by atoms with Crippen LogP contribution in [-0.4, -0.2) is 36.3 Å². The molecule has 0 atom stereocenters. The fraction of sp³-hybridized carbons (Fsp3) is 0.211. The molecule has 3 rings (SSSR count). The smallest absolute Gasteiger partial charge is 0.224 e. The Hall–Kier alpha value is -3.55. The lowest BCUT2D eigenvalue weighted by Crippen LogP contribution is -2.05. The van der Waals surface area contributed by atoms with E-state index in [1.807, 2.05) is 24.3 Å². The van der Waals surface area contributed by atoms with Crippen molar-refractivity contribution >= 4 is 17.5 Å². The topological polar surface area (TPSA) is 90.4 Å². The zero-order chi connectivity index (χ0) is 19.1. The monoisotopic (exact) mass is 367 g/mol. The van der Waals surface area contributed by atoms with E-state index >= 15 is 0 Å². The number of hydrogen-bond acceptors (Lipinski definition) is 8. The third kappa shape index (κ3) is 4.55. The molecule has 8 heteroatoms. The summed E-state index contributed by atoms with van der Waals surface area (Å²) in [5.41, 5.74) is 1.85. The Labute approximate surface area is 157 Å². The van der Waals surface area contributed by atoms with Gasteiger partial charge in [-0.3, -0.25) is 4.98 Å². The minimum Gasteiger partial charge on any atom is -0.493 e. The van der Waals surface area contributed by atoms with Crippen LogP contribution >= 0.6 is 0 Å². The third-order valence-electron chi connectivity index (χ3n) is 3.79. The molecule has 0 unspecified atom stereocenters. The molecule has 0 bridgehead atoms. The van der Waals surface area contributed by atoms with Crippen LogP contribution in [0.3, 0.4) is 0 Å². The molecule has 0 aliphatic carbocycles. The predicted octanol–water partition coefficient (Wildman–Crippen LogP) is 3.25. The first-order chi connectivity index (χ1) is 13.2. The van der Waals surface area contributed by atoms with Crippen LogP contribution in [-0.2, 0) is 6.54 Å². The van der Waals surface area contributed by atoms with E-state index in [1.165, 1.54) is 0 Å². The molecule has 3 aromatic rings. The number of rotatable bonds is 8. The van der Waals surface area contributed by atoms with Gasteiger partial charge in [-0.25, -0.2) is 4.98 Å². The molecule has 0 aliphatic rings. The van der Waals surface area contributed by atoms with E-state index in [0.717, 1.165) is 11.3 Å². The SMILES string of the molecule is COc1cc(Nc2ccnc(NCc3ccncc3)n2)cc(OC)c1OC. The quantitative estimate of drug-likeness (QED) is 0.627. The average Bonchev–Trinajstić information content (AvgIpc) is 2.72. The highest BCUT2D eigenvalue weighted by Crippen LogP contribution is 2.40. The molecule has 0 radical (unpaired) electrons. The third-order valence-corrected chi connectivity index (χ3v) is 3.79. The largest absolute Gasteiger partial charge is 0.493 e. The highest BCUT2D eigenvalue weighted by atomic mass is 16.5. The van der Waals surface area contributed by atoms with Crippen LogP contribution in [0, 0.1) is 0 Å². The van der Waals surface area contributed by atoms with Gasteiger partial charge in [0.05, 0.1) is 21.3 Å². The molecule has 0 saturated heterocycles. The van der Waals surface area contributed by atoms with Gasteiger partial charge in [0.2, 0.25) is 11.7 Å². The van der Waals surface area contributed by atoms with Gasteiger partial charge in [0.15, 0.2) is 11.5 Å². The number of nitrogens with zero attached hydrogens (tertiary/aromatic N) is 3. The van der Waals surface area contributed by atoms with Crippen molar-refractivity contribution < 1.29 is 14.2 Å². The van der Waals surface area contributed by atoms with Crippen LogP contribution in [0.25, 0.3) is 0 Å². The Morgan fingerprint density at radius 2 is 1.59 bits per heavy atom. The Balaban J connectivity index is 1.76. The second kappa shape index (κ2) is 8.70. The van der Waals surface area contributed by atoms with Gasteiger partial charge in [-0.1, -0.05) is 0 Å². The van der Waals surface area contributed by atoms with Crippen LogP contribution in [0.1, 0.15) is 5.56 Å². The molecule has 0 aliphatic heterocycles. The number of benzene rings is 1.